The van der Waals surface area contributed by atoms with Crippen LogP contribution in [0.5, 0.6) is 17.2 Å². The molecule has 0 saturated heterocycles. The summed E-state index contributed by atoms with van der Waals surface area (Å²) in [6, 6.07) is 10.5. The molecule has 1 aromatic heterocycles. The predicted octanol–water partition coefficient (Wildman–Crippen LogP) is 4.58. The quantitative estimate of drug-likeness (QED) is 0.243. The Labute approximate surface area is 170 Å². The molecule has 3 rings (SSSR count). The van der Waals surface area contributed by atoms with E-state index in [0.29, 0.717) is 17.6 Å². The lowest BCUT2D eigenvalue weighted by molar-refractivity contribution is -0.128. The number of carbonyl (C=O) groups is 1. The van der Waals surface area contributed by atoms with Crippen molar-refractivity contribution in [1.82, 2.24) is 0 Å². The van der Waals surface area contributed by atoms with E-state index in [1.807, 2.05) is 6.92 Å². The van der Waals surface area contributed by atoms with E-state index in [4.69, 9.17) is 13.9 Å². The highest BCUT2D eigenvalue weighted by molar-refractivity contribution is 5.90. The molecule has 0 saturated carbocycles. The topological polar surface area (TPSA) is 75.0 Å². The van der Waals surface area contributed by atoms with Crippen molar-refractivity contribution in [1.29, 1.82) is 0 Å². The van der Waals surface area contributed by atoms with E-state index in [2.05, 4.69) is 4.74 Å². The number of methoxy groups -OCH3 is 1. The molecule has 8 heteroatoms. The zero-order chi connectivity index (χ0) is 21.7. The normalized spacial score (nSPS) is 11.2. The molecule has 156 valence electrons. The monoisotopic (exact) mass is 416 g/mol. The first kappa shape index (κ1) is 21.0. The maximum absolute atomic E-state index is 12.4. The van der Waals surface area contributed by atoms with Crippen LogP contribution in [0.3, 0.4) is 0 Å². The Balaban J connectivity index is 1.75. The fourth-order valence-electron chi connectivity index (χ4n) is 2.86. The number of benzene rings is 2. The van der Waals surface area contributed by atoms with Crippen LogP contribution >= 0.6 is 0 Å². The van der Waals surface area contributed by atoms with E-state index in [1.165, 1.54) is 49.6 Å². The molecule has 30 heavy (non-hydrogen) atoms. The fourth-order valence-corrected chi connectivity index (χ4v) is 2.86. The van der Waals surface area contributed by atoms with Crippen LogP contribution in [0, 0.1) is 0 Å². The zero-order valence-corrected chi connectivity index (χ0v) is 16.2. The third kappa shape index (κ3) is 5.02. The van der Waals surface area contributed by atoms with Gasteiger partial charge in [-0.05, 0) is 47.9 Å². The van der Waals surface area contributed by atoms with E-state index in [1.54, 1.807) is 12.1 Å². The van der Waals surface area contributed by atoms with Crippen molar-refractivity contribution >= 4 is 23.0 Å². The summed E-state index contributed by atoms with van der Waals surface area (Å²) in [5.41, 5.74) is 1.21. The number of alkyl halides is 2. The van der Waals surface area contributed by atoms with Crippen LogP contribution < -0.4 is 19.8 Å². The van der Waals surface area contributed by atoms with Gasteiger partial charge >= 0.3 is 18.2 Å². The van der Waals surface area contributed by atoms with Crippen LogP contribution in [0.2, 0.25) is 0 Å². The second kappa shape index (κ2) is 9.21. The largest absolute Gasteiger partial charge is 0.493 e. The maximum Gasteiger partial charge on any atom is 0.387 e. The third-order valence-corrected chi connectivity index (χ3v) is 4.22. The van der Waals surface area contributed by atoms with E-state index in [0.717, 1.165) is 10.9 Å². The number of rotatable bonds is 7. The predicted molar refractivity (Wildman–Crippen MR) is 106 cm³/mol. The van der Waals surface area contributed by atoms with Gasteiger partial charge in [0.15, 0.2) is 11.5 Å². The standard InChI is InChI=1S/C22H18F2O6/c1-3-14-11-21(26)29-18-12-15(6-7-16(14)18)28-20(25)9-5-13-4-8-17(30-22(23)24)19(10-13)27-2/h4-12,22H,3H2,1-2H3/b9-5+. The summed E-state index contributed by atoms with van der Waals surface area (Å²) in [6.07, 6.45) is 3.27. The first-order valence-electron chi connectivity index (χ1n) is 8.99. The van der Waals surface area contributed by atoms with Crippen LogP contribution in [0.15, 0.2) is 57.8 Å². The van der Waals surface area contributed by atoms with Gasteiger partial charge in [-0.15, -0.1) is 0 Å². The molecule has 3 aromatic rings. The Morgan fingerprint density at radius 2 is 1.93 bits per heavy atom. The second-order valence-electron chi connectivity index (χ2n) is 6.15. The van der Waals surface area contributed by atoms with E-state index < -0.39 is 18.2 Å². The summed E-state index contributed by atoms with van der Waals surface area (Å²) in [5.74, 6) is -0.472. The van der Waals surface area contributed by atoms with E-state index in [9.17, 15) is 18.4 Å². The van der Waals surface area contributed by atoms with Crippen LogP contribution in [-0.2, 0) is 11.2 Å². The zero-order valence-electron chi connectivity index (χ0n) is 16.2. The molecule has 0 radical (unpaired) electrons. The maximum atomic E-state index is 12.4. The minimum absolute atomic E-state index is 0.0992. The van der Waals surface area contributed by atoms with Crippen LogP contribution in [0.4, 0.5) is 8.78 Å². The molecule has 0 amide bonds. The molecule has 0 unspecified atom stereocenters. The van der Waals surface area contributed by atoms with Crippen LogP contribution in [0.1, 0.15) is 18.1 Å². The molecular formula is C22H18F2O6. The molecule has 2 aromatic carbocycles. The summed E-state index contributed by atoms with van der Waals surface area (Å²) < 4.78 is 44.6. The molecule has 0 fully saturated rings. The summed E-state index contributed by atoms with van der Waals surface area (Å²) in [7, 11) is 1.32. The highest BCUT2D eigenvalue weighted by Gasteiger charge is 2.11. The van der Waals surface area contributed by atoms with E-state index in [-0.39, 0.29) is 17.2 Å². The molecule has 0 aliphatic carbocycles. The van der Waals surface area contributed by atoms with Crippen molar-refractivity contribution in [2.75, 3.05) is 7.11 Å². The number of fused-ring (bicyclic) bond motifs is 1. The van der Waals surface area contributed by atoms with Gasteiger partial charge in [0.2, 0.25) is 0 Å². The van der Waals surface area contributed by atoms with Crippen molar-refractivity contribution < 1.29 is 32.2 Å². The molecule has 6 nitrogen and oxygen atoms in total. The Morgan fingerprint density at radius 3 is 2.63 bits per heavy atom. The summed E-state index contributed by atoms with van der Waals surface area (Å²) in [6.45, 7) is -1.05. The first-order chi connectivity index (χ1) is 14.4. The molecule has 0 aliphatic heterocycles. The fraction of sp³-hybridized carbons (Fsp3) is 0.182. The van der Waals surface area contributed by atoms with Gasteiger partial charge in [0.25, 0.3) is 0 Å². The van der Waals surface area contributed by atoms with Crippen LogP contribution in [-0.4, -0.2) is 19.7 Å². The molecule has 0 spiro atoms. The Hall–Kier alpha value is -3.68. The van der Waals surface area contributed by atoms with Gasteiger partial charge in [-0.25, -0.2) is 9.59 Å². The second-order valence-corrected chi connectivity index (χ2v) is 6.15. The Morgan fingerprint density at radius 1 is 1.13 bits per heavy atom. The highest BCUT2D eigenvalue weighted by atomic mass is 19.3. The van der Waals surface area contributed by atoms with Gasteiger partial charge in [0.05, 0.1) is 7.11 Å². The average Bonchev–Trinajstić information content (AvgIpc) is 2.71. The van der Waals surface area contributed by atoms with Gasteiger partial charge in [0, 0.05) is 23.6 Å². The third-order valence-electron chi connectivity index (χ3n) is 4.22. The number of halogens is 2. The molecular weight excluding hydrogens is 398 g/mol. The SMILES string of the molecule is CCc1cc(=O)oc2cc(OC(=O)/C=C/c3ccc(OC(F)F)c(OC)c3)ccc12. The number of ether oxygens (including phenoxy) is 3. The van der Waals surface area contributed by atoms with Crippen molar-refractivity contribution in [3.8, 4) is 17.2 Å². The summed E-state index contributed by atoms with van der Waals surface area (Å²) >= 11 is 0. The minimum Gasteiger partial charge on any atom is -0.493 e. The van der Waals surface area contributed by atoms with Crippen LogP contribution in [0.25, 0.3) is 17.0 Å². The molecule has 0 aliphatic rings. The number of aryl methyl sites for hydroxylation is 1. The molecule has 0 atom stereocenters. The molecule has 1 heterocycles. The van der Waals surface area contributed by atoms with Gasteiger partial charge < -0.3 is 18.6 Å². The lowest BCUT2D eigenvalue weighted by atomic mass is 10.1. The molecule has 0 N–H and O–H groups in total. The minimum atomic E-state index is -2.98. The Bertz CT molecular complexity index is 1150. The number of hydrogen-bond acceptors (Lipinski definition) is 6. The van der Waals surface area contributed by atoms with Gasteiger partial charge in [-0.1, -0.05) is 13.0 Å². The van der Waals surface area contributed by atoms with Gasteiger partial charge in [0.1, 0.15) is 11.3 Å². The smallest absolute Gasteiger partial charge is 0.387 e. The van der Waals surface area contributed by atoms with Crippen molar-refractivity contribution in [2.24, 2.45) is 0 Å². The van der Waals surface area contributed by atoms with Crippen molar-refractivity contribution in [2.45, 2.75) is 20.0 Å². The number of esters is 1. The first-order valence-corrected chi connectivity index (χ1v) is 8.99. The van der Waals surface area contributed by atoms with E-state index >= 15 is 0 Å². The van der Waals surface area contributed by atoms with Crippen molar-refractivity contribution in [3.05, 3.63) is 70.1 Å². The van der Waals surface area contributed by atoms with Gasteiger partial charge in [-0.3, -0.25) is 0 Å². The Kier molecular flexibility index (Phi) is 6.46. The highest BCUT2D eigenvalue weighted by Crippen LogP contribution is 2.30. The van der Waals surface area contributed by atoms with Crippen molar-refractivity contribution in [3.63, 3.8) is 0 Å². The van der Waals surface area contributed by atoms with Gasteiger partial charge in [-0.2, -0.15) is 8.78 Å². The number of hydrogen-bond donors (Lipinski definition) is 0. The molecule has 0 bridgehead atoms. The average molecular weight is 416 g/mol. The number of carbonyl (C=O) groups excluding carboxylic acids is 1. The summed E-state index contributed by atoms with van der Waals surface area (Å²) in [5, 5.41) is 0.769. The lowest BCUT2D eigenvalue weighted by Crippen LogP contribution is -2.05. The summed E-state index contributed by atoms with van der Waals surface area (Å²) in [4.78, 5) is 23.8. The lowest BCUT2D eigenvalue weighted by Gasteiger charge is -2.10.